The lowest BCUT2D eigenvalue weighted by Crippen LogP contribution is -2.43. The second-order valence-electron chi connectivity index (χ2n) is 6.85. The molecular weight excluding hydrogens is 251 g/mol. The summed E-state index contributed by atoms with van der Waals surface area (Å²) >= 11 is 0. The molecule has 1 N–H and O–H groups in total. The smallest absolute Gasteiger partial charge is 0.313 e. The largest absolute Gasteiger partial charge is 0.391 e. The highest BCUT2D eigenvalue weighted by Gasteiger charge is 2.42. The van der Waals surface area contributed by atoms with E-state index in [-0.39, 0.29) is 12.5 Å². The van der Waals surface area contributed by atoms with E-state index in [1.54, 1.807) is 0 Å². The van der Waals surface area contributed by atoms with Gasteiger partial charge in [0.25, 0.3) is 0 Å². The van der Waals surface area contributed by atoms with Crippen LogP contribution in [0.2, 0.25) is 0 Å². The van der Waals surface area contributed by atoms with Gasteiger partial charge in [0.05, 0.1) is 5.92 Å². The van der Waals surface area contributed by atoms with Crippen LogP contribution in [0.25, 0.3) is 0 Å². The van der Waals surface area contributed by atoms with Gasteiger partial charge in [-0.3, -0.25) is 0 Å². The Bertz CT molecular complexity index is 282. The first-order valence-corrected chi connectivity index (χ1v) is 7.69. The fourth-order valence-corrected chi connectivity index (χ4v) is 3.65. The predicted octanol–water partition coefficient (Wildman–Crippen LogP) is 4.67. The molecule has 112 valence electrons. The Morgan fingerprint density at radius 3 is 2.37 bits per heavy atom. The Labute approximate surface area is 114 Å². The molecule has 2 unspecified atom stereocenters. The van der Waals surface area contributed by atoms with Crippen LogP contribution in [0.1, 0.15) is 64.7 Å². The van der Waals surface area contributed by atoms with Gasteiger partial charge < -0.3 is 5.32 Å². The van der Waals surface area contributed by atoms with E-state index in [1.165, 1.54) is 32.1 Å². The quantitative estimate of drug-likeness (QED) is 0.790. The number of halogens is 3. The Kier molecular flexibility index (Phi) is 4.80. The van der Waals surface area contributed by atoms with Crippen LogP contribution in [-0.4, -0.2) is 18.8 Å². The zero-order valence-electron chi connectivity index (χ0n) is 11.9. The van der Waals surface area contributed by atoms with Crippen LogP contribution in [0.3, 0.4) is 0 Å². The highest BCUT2D eigenvalue weighted by molar-refractivity contribution is 4.86. The van der Waals surface area contributed by atoms with Gasteiger partial charge in [0.15, 0.2) is 0 Å². The standard InChI is InChI=1S/C15H26F3N/c1-14(8-3-2-4-9-14)11-19-13-7-5-6-12(10-13)15(16,17)18/h12-13,19H,2-11H2,1H3. The third kappa shape index (κ3) is 4.37. The van der Waals surface area contributed by atoms with Gasteiger partial charge in [0.1, 0.15) is 0 Å². The highest BCUT2D eigenvalue weighted by atomic mass is 19.4. The maximum absolute atomic E-state index is 12.8. The molecule has 2 fully saturated rings. The molecule has 0 saturated heterocycles. The number of hydrogen-bond donors (Lipinski definition) is 1. The van der Waals surface area contributed by atoms with E-state index in [4.69, 9.17) is 0 Å². The molecular formula is C15H26F3N. The first kappa shape index (κ1) is 15.1. The second kappa shape index (κ2) is 6.02. The van der Waals surface area contributed by atoms with E-state index >= 15 is 0 Å². The molecule has 2 saturated carbocycles. The molecule has 0 aliphatic heterocycles. The minimum absolute atomic E-state index is 0.0686. The van der Waals surface area contributed by atoms with Crippen molar-refractivity contribution in [3.05, 3.63) is 0 Å². The fourth-order valence-electron chi connectivity index (χ4n) is 3.65. The van der Waals surface area contributed by atoms with Crippen LogP contribution < -0.4 is 5.32 Å². The molecule has 2 aliphatic carbocycles. The van der Waals surface area contributed by atoms with Crippen molar-refractivity contribution in [2.45, 2.75) is 76.9 Å². The van der Waals surface area contributed by atoms with Gasteiger partial charge in [-0.05, 0) is 37.5 Å². The Balaban J connectivity index is 1.79. The van der Waals surface area contributed by atoms with Gasteiger partial charge in [0, 0.05) is 12.6 Å². The second-order valence-corrected chi connectivity index (χ2v) is 6.85. The summed E-state index contributed by atoms with van der Waals surface area (Å²) in [4.78, 5) is 0. The van der Waals surface area contributed by atoms with E-state index in [0.29, 0.717) is 18.3 Å². The maximum atomic E-state index is 12.8. The summed E-state index contributed by atoms with van der Waals surface area (Å²) in [6, 6.07) is 0.0686. The van der Waals surface area contributed by atoms with Crippen LogP contribution in [0.15, 0.2) is 0 Å². The summed E-state index contributed by atoms with van der Waals surface area (Å²) in [5.74, 6) is -1.09. The van der Waals surface area contributed by atoms with Gasteiger partial charge in [-0.1, -0.05) is 32.6 Å². The van der Waals surface area contributed by atoms with Crippen LogP contribution in [-0.2, 0) is 0 Å². The minimum Gasteiger partial charge on any atom is -0.313 e. The molecule has 0 spiro atoms. The van der Waals surface area contributed by atoms with Gasteiger partial charge in [0.2, 0.25) is 0 Å². The SMILES string of the molecule is CC1(CNC2CCCC(C(F)(F)F)C2)CCCCC1. The van der Waals surface area contributed by atoms with E-state index in [0.717, 1.165) is 13.0 Å². The Hall–Kier alpha value is -0.250. The number of nitrogens with one attached hydrogen (secondary N) is 1. The van der Waals surface area contributed by atoms with Crippen molar-refractivity contribution in [3.63, 3.8) is 0 Å². The van der Waals surface area contributed by atoms with E-state index < -0.39 is 12.1 Å². The van der Waals surface area contributed by atoms with Crippen LogP contribution in [0.5, 0.6) is 0 Å². The van der Waals surface area contributed by atoms with Crippen molar-refractivity contribution < 1.29 is 13.2 Å². The third-order valence-corrected chi connectivity index (χ3v) is 5.02. The lowest BCUT2D eigenvalue weighted by Gasteiger charge is -2.37. The molecule has 0 radical (unpaired) electrons. The lowest BCUT2D eigenvalue weighted by molar-refractivity contribution is -0.183. The molecule has 4 heteroatoms. The Morgan fingerprint density at radius 2 is 1.74 bits per heavy atom. The van der Waals surface area contributed by atoms with Gasteiger partial charge in [-0.2, -0.15) is 13.2 Å². The van der Waals surface area contributed by atoms with E-state index in [9.17, 15) is 13.2 Å². The monoisotopic (exact) mass is 277 g/mol. The number of alkyl halides is 3. The van der Waals surface area contributed by atoms with Crippen molar-refractivity contribution in [2.75, 3.05) is 6.54 Å². The molecule has 2 atom stereocenters. The molecule has 19 heavy (non-hydrogen) atoms. The molecule has 1 nitrogen and oxygen atoms in total. The molecule has 0 bridgehead atoms. The summed E-state index contributed by atoms with van der Waals surface area (Å²) < 4.78 is 38.3. The average Bonchev–Trinajstić information content (AvgIpc) is 2.37. The van der Waals surface area contributed by atoms with Crippen molar-refractivity contribution in [3.8, 4) is 0 Å². The molecule has 2 rings (SSSR count). The summed E-state index contributed by atoms with van der Waals surface area (Å²) in [7, 11) is 0. The van der Waals surface area contributed by atoms with Gasteiger partial charge in [-0.25, -0.2) is 0 Å². The average molecular weight is 277 g/mol. The zero-order chi connectivity index (χ0) is 13.9. The lowest BCUT2D eigenvalue weighted by atomic mass is 9.75. The topological polar surface area (TPSA) is 12.0 Å². The summed E-state index contributed by atoms with van der Waals surface area (Å²) in [6.07, 6.45) is 4.50. The van der Waals surface area contributed by atoms with Crippen LogP contribution in [0, 0.1) is 11.3 Å². The highest BCUT2D eigenvalue weighted by Crippen LogP contribution is 2.39. The molecule has 0 amide bonds. The Morgan fingerprint density at radius 1 is 1.05 bits per heavy atom. The first-order chi connectivity index (χ1) is 8.89. The van der Waals surface area contributed by atoms with Crippen molar-refractivity contribution in [1.29, 1.82) is 0 Å². The molecule has 0 aromatic heterocycles. The summed E-state index contributed by atoms with van der Waals surface area (Å²) in [5.41, 5.74) is 0.309. The first-order valence-electron chi connectivity index (χ1n) is 7.69. The van der Waals surface area contributed by atoms with Crippen LogP contribution in [0.4, 0.5) is 13.2 Å². The van der Waals surface area contributed by atoms with Gasteiger partial charge >= 0.3 is 6.18 Å². The summed E-state index contributed by atoms with van der Waals surface area (Å²) in [6.45, 7) is 3.17. The number of rotatable bonds is 3. The maximum Gasteiger partial charge on any atom is 0.391 e. The third-order valence-electron chi connectivity index (χ3n) is 5.02. The van der Waals surface area contributed by atoms with Crippen molar-refractivity contribution in [2.24, 2.45) is 11.3 Å². The fraction of sp³-hybridized carbons (Fsp3) is 1.00. The minimum atomic E-state index is -4.00. The summed E-state index contributed by atoms with van der Waals surface area (Å²) in [5, 5.41) is 3.43. The normalized spacial score (nSPS) is 32.2. The van der Waals surface area contributed by atoms with E-state index in [2.05, 4.69) is 12.2 Å². The number of hydrogen-bond acceptors (Lipinski definition) is 1. The molecule has 0 aromatic rings. The molecule has 2 aliphatic rings. The molecule has 0 heterocycles. The zero-order valence-corrected chi connectivity index (χ0v) is 11.9. The van der Waals surface area contributed by atoms with E-state index in [1.807, 2.05) is 0 Å². The van der Waals surface area contributed by atoms with Crippen molar-refractivity contribution >= 4 is 0 Å². The van der Waals surface area contributed by atoms with Gasteiger partial charge in [-0.15, -0.1) is 0 Å². The van der Waals surface area contributed by atoms with Crippen LogP contribution >= 0.6 is 0 Å². The predicted molar refractivity (Wildman–Crippen MR) is 71.0 cm³/mol. The van der Waals surface area contributed by atoms with Crippen molar-refractivity contribution in [1.82, 2.24) is 5.32 Å². The molecule has 0 aromatic carbocycles.